The van der Waals surface area contributed by atoms with Crippen molar-refractivity contribution in [1.29, 1.82) is 0 Å². The lowest BCUT2D eigenvalue weighted by Crippen LogP contribution is -2.52. The maximum atomic E-state index is 12.9. The molecule has 1 aliphatic carbocycles. The number of imide groups is 1. The van der Waals surface area contributed by atoms with Gasteiger partial charge in [0.2, 0.25) is 11.8 Å². The topological polar surface area (TPSA) is 79.0 Å². The molecule has 0 spiro atoms. The van der Waals surface area contributed by atoms with Crippen molar-refractivity contribution < 1.29 is 19.1 Å². The molecule has 3 amide bonds. The van der Waals surface area contributed by atoms with E-state index in [1.165, 1.54) is 0 Å². The molecule has 1 aromatic carbocycles. The lowest BCUT2D eigenvalue weighted by Gasteiger charge is -2.31. The Labute approximate surface area is 184 Å². The Morgan fingerprint density at radius 1 is 1.16 bits per heavy atom. The first-order valence-corrected chi connectivity index (χ1v) is 11.4. The molecule has 2 aliphatic heterocycles. The standard InChI is InChI=1S/C24H33N3O4/c1-5-26(6-2)19-12-24(3,4)13-20(19)31-16-7-8-17-15(11-16)14-27(23(17)30)18-9-10-21(28)25-22(18)29/h7-8,11,18-20H,5-6,9-10,12-14H2,1-4H3,(H,25,28,29)/t18?,19-,20-/m1/s1. The molecule has 7 nitrogen and oxygen atoms in total. The van der Waals surface area contributed by atoms with Crippen LogP contribution in [0.2, 0.25) is 0 Å². The van der Waals surface area contributed by atoms with Crippen LogP contribution in [0.4, 0.5) is 0 Å². The number of nitrogens with zero attached hydrogens (tertiary/aromatic N) is 2. The normalized spacial score (nSPS) is 27.6. The van der Waals surface area contributed by atoms with Crippen LogP contribution >= 0.6 is 0 Å². The SMILES string of the molecule is CCN(CC)[C@@H]1CC(C)(C)C[C@H]1Oc1ccc2c(c1)CN(C1CCC(=O)NC1=O)C2=O. The summed E-state index contributed by atoms with van der Waals surface area (Å²) in [6, 6.07) is 5.41. The summed E-state index contributed by atoms with van der Waals surface area (Å²) < 4.78 is 6.49. The van der Waals surface area contributed by atoms with Crippen LogP contribution < -0.4 is 10.1 Å². The zero-order chi connectivity index (χ0) is 22.3. The van der Waals surface area contributed by atoms with Gasteiger partial charge >= 0.3 is 0 Å². The number of fused-ring (bicyclic) bond motifs is 1. The van der Waals surface area contributed by atoms with Gasteiger partial charge in [0, 0.05) is 24.6 Å². The van der Waals surface area contributed by atoms with Crippen molar-refractivity contribution in [3.8, 4) is 5.75 Å². The molecule has 31 heavy (non-hydrogen) atoms. The van der Waals surface area contributed by atoms with Crippen LogP contribution in [0.15, 0.2) is 18.2 Å². The predicted octanol–water partition coefficient (Wildman–Crippen LogP) is 2.73. The minimum absolute atomic E-state index is 0.108. The molecule has 4 rings (SSSR count). The van der Waals surface area contributed by atoms with Gasteiger partial charge < -0.3 is 9.64 Å². The highest BCUT2D eigenvalue weighted by atomic mass is 16.5. The van der Waals surface area contributed by atoms with Crippen LogP contribution in [0.5, 0.6) is 5.75 Å². The average Bonchev–Trinajstić information content (AvgIpc) is 3.19. The van der Waals surface area contributed by atoms with E-state index in [0.717, 1.165) is 37.2 Å². The summed E-state index contributed by atoms with van der Waals surface area (Å²) in [5, 5.41) is 2.35. The van der Waals surface area contributed by atoms with Crippen molar-refractivity contribution in [3.05, 3.63) is 29.3 Å². The van der Waals surface area contributed by atoms with Gasteiger partial charge in [-0.25, -0.2) is 0 Å². The molecule has 0 bridgehead atoms. The number of benzene rings is 1. The molecular formula is C24H33N3O4. The number of amides is 3. The number of hydrogen-bond donors (Lipinski definition) is 1. The summed E-state index contributed by atoms with van der Waals surface area (Å²) in [5.74, 6) is -0.0388. The Hall–Kier alpha value is -2.41. The van der Waals surface area contributed by atoms with E-state index in [1.54, 1.807) is 4.90 Å². The molecular weight excluding hydrogens is 394 g/mol. The Bertz CT molecular complexity index is 893. The van der Waals surface area contributed by atoms with Crippen molar-refractivity contribution in [2.24, 2.45) is 5.41 Å². The predicted molar refractivity (Wildman–Crippen MR) is 117 cm³/mol. The number of ether oxygens (including phenoxy) is 1. The van der Waals surface area contributed by atoms with Gasteiger partial charge in [0.1, 0.15) is 17.9 Å². The molecule has 0 aromatic heterocycles. The number of carbonyl (C=O) groups is 3. The van der Waals surface area contributed by atoms with Crippen LogP contribution in [0.25, 0.3) is 0 Å². The molecule has 3 atom stereocenters. The Morgan fingerprint density at radius 3 is 2.58 bits per heavy atom. The molecule has 2 heterocycles. The molecule has 1 saturated heterocycles. The molecule has 3 aliphatic rings. The second-order valence-corrected chi connectivity index (χ2v) is 9.74. The lowest BCUT2D eigenvalue weighted by molar-refractivity contribution is -0.136. The van der Waals surface area contributed by atoms with Crippen LogP contribution in [0.3, 0.4) is 0 Å². The Kier molecular flexibility index (Phi) is 5.81. The van der Waals surface area contributed by atoms with E-state index in [4.69, 9.17) is 4.74 Å². The van der Waals surface area contributed by atoms with Crippen molar-refractivity contribution in [1.82, 2.24) is 15.1 Å². The van der Waals surface area contributed by atoms with Gasteiger partial charge in [0.15, 0.2) is 0 Å². The van der Waals surface area contributed by atoms with E-state index in [9.17, 15) is 14.4 Å². The quantitative estimate of drug-likeness (QED) is 0.707. The highest BCUT2D eigenvalue weighted by Gasteiger charge is 2.43. The van der Waals surface area contributed by atoms with E-state index in [1.807, 2.05) is 18.2 Å². The van der Waals surface area contributed by atoms with Crippen LogP contribution in [0.1, 0.15) is 69.3 Å². The number of hydrogen-bond acceptors (Lipinski definition) is 5. The fourth-order valence-corrected chi connectivity index (χ4v) is 5.44. The van der Waals surface area contributed by atoms with E-state index in [0.29, 0.717) is 24.6 Å². The molecule has 7 heteroatoms. The van der Waals surface area contributed by atoms with E-state index >= 15 is 0 Å². The summed E-state index contributed by atoms with van der Waals surface area (Å²) in [5.41, 5.74) is 1.72. The molecule has 168 valence electrons. The minimum Gasteiger partial charge on any atom is -0.489 e. The molecule has 2 fully saturated rings. The number of rotatable bonds is 6. The molecule has 1 unspecified atom stereocenters. The summed E-state index contributed by atoms with van der Waals surface area (Å²) in [7, 11) is 0. The Morgan fingerprint density at radius 2 is 1.90 bits per heavy atom. The molecule has 1 saturated carbocycles. The first-order valence-electron chi connectivity index (χ1n) is 11.4. The molecule has 1 aromatic rings. The van der Waals surface area contributed by atoms with E-state index in [2.05, 4.69) is 37.9 Å². The average molecular weight is 428 g/mol. The third-order valence-corrected chi connectivity index (χ3v) is 7.01. The number of carbonyl (C=O) groups excluding carboxylic acids is 3. The first-order chi connectivity index (χ1) is 14.7. The third kappa shape index (κ3) is 4.20. The van der Waals surface area contributed by atoms with Crippen molar-refractivity contribution in [3.63, 3.8) is 0 Å². The van der Waals surface area contributed by atoms with Crippen LogP contribution in [-0.2, 0) is 16.1 Å². The maximum Gasteiger partial charge on any atom is 0.255 e. The van der Waals surface area contributed by atoms with Gasteiger partial charge in [0.05, 0.1) is 0 Å². The number of likely N-dealkylation sites (N-methyl/N-ethyl adjacent to an activating group) is 1. The van der Waals surface area contributed by atoms with Crippen LogP contribution in [0, 0.1) is 5.41 Å². The summed E-state index contributed by atoms with van der Waals surface area (Å²) >= 11 is 0. The Balaban J connectivity index is 1.51. The van der Waals surface area contributed by atoms with Gasteiger partial charge in [-0.05, 0) is 61.5 Å². The second kappa shape index (κ2) is 8.26. The smallest absolute Gasteiger partial charge is 0.255 e. The van der Waals surface area contributed by atoms with Crippen LogP contribution in [-0.4, -0.2) is 58.8 Å². The molecule has 0 radical (unpaired) electrons. The zero-order valence-electron chi connectivity index (χ0n) is 18.9. The van der Waals surface area contributed by atoms with Gasteiger partial charge in [-0.2, -0.15) is 0 Å². The fourth-order valence-electron chi connectivity index (χ4n) is 5.44. The van der Waals surface area contributed by atoms with Gasteiger partial charge in [-0.3, -0.25) is 24.6 Å². The van der Waals surface area contributed by atoms with E-state index in [-0.39, 0.29) is 35.7 Å². The van der Waals surface area contributed by atoms with Gasteiger partial charge in [0.25, 0.3) is 5.91 Å². The third-order valence-electron chi connectivity index (χ3n) is 7.01. The zero-order valence-corrected chi connectivity index (χ0v) is 18.9. The highest BCUT2D eigenvalue weighted by molar-refractivity contribution is 6.05. The lowest BCUT2D eigenvalue weighted by atomic mass is 9.91. The van der Waals surface area contributed by atoms with Crippen molar-refractivity contribution in [2.75, 3.05) is 13.1 Å². The van der Waals surface area contributed by atoms with E-state index < -0.39 is 6.04 Å². The minimum atomic E-state index is -0.593. The second-order valence-electron chi connectivity index (χ2n) is 9.74. The highest BCUT2D eigenvalue weighted by Crippen LogP contribution is 2.42. The largest absolute Gasteiger partial charge is 0.489 e. The monoisotopic (exact) mass is 427 g/mol. The number of nitrogens with one attached hydrogen (secondary N) is 1. The summed E-state index contributed by atoms with van der Waals surface area (Å²) in [4.78, 5) is 40.6. The van der Waals surface area contributed by atoms with Gasteiger partial charge in [-0.15, -0.1) is 0 Å². The summed E-state index contributed by atoms with van der Waals surface area (Å²) in [6.45, 7) is 11.3. The van der Waals surface area contributed by atoms with Crippen molar-refractivity contribution >= 4 is 17.7 Å². The molecule has 1 N–H and O–H groups in total. The van der Waals surface area contributed by atoms with Crippen molar-refractivity contribution in [2.45, 2.75) is 78.1 Å². The summed E-state index contributed by atoms with van der Waals surface area (Å²) in [6.07, 6.45) is 2.83. The fraction of sp³-hybridized carbons (Fsp3) is 0.625. The maximum absolute atomic E-state index is 12.9. The van der Waals surface area contributed by atoms with Gasteiger partial charge in [-0.1, -0.05) is 27.7 Å². The number of piperidine rings is 1. The first kappa shape index (κ1) is 21.8.